The van der Waals surface area contributed by atoms with Crippen LogP contribution in [0.25, 0.3) is 0 Å². The summed E-state index contributed by atoms with van der Waals surface area (Å²) in [5.41, 5.74) is 0. The molecule has 0 spiro atoms. The molecule has 0 amide bonds. The Kier molecular flexibility index (Phi) is 1.66. The zero-order chi connectivity index (χ0) is 5.98. The van der Waals surface area contributed by atoms with E-state index in [2.05, 4.69) is 16.0 Å². The fourth-order valence-electron chi connectivity index (χ4n) is 0.445. The Balaban J connectivity index is 3.13. The van der Waals surface area contributed by atoms with E-state index in [1.165, 1.54) is 6.07 Å². The monoisotopic (exact) mass is 175 g/mol. The SMILES string of the molecule is Fc1ccccc1[Se]. The van der Waals surface area contributed by atoms with Crippen molar-refractivity contribution in [3.8, 4) is 0 Å². The summed E-state index contributed by atoms with van der Waals surface area (Å²) < 4.78 is 12.9. The molecule has 0 bridgehead atoms. The third-order valence-electron chi connectivity index (χ3n) is 0.837. The predicted octanol–water partition coefficient (Wildman–Crippen LogP) is 0.619. The van der Waals surface area contributed by atoms with Gasteiger partial charge in [0.1, 0.15) is 0 Å². The van der Waals surface area contributed by atoms with Crippen molar-refractivity contribution in [1.29, 1.82) is 0 Å². The first-order valence-corrected chi connectivity index (χ1v) is 3.08. The van der Waals surface area contributed by atoms with Crippen LogP contribution in [0.15, 0.2) is 24.3 Å². The molecule has 0 aliphatic heterocycles. The second-order valence-corrected chi connectivity index (χ2v) is 2.35. The first-order valence-electron chi connectivity index (χ1n) is 2.22. The Morgan fingerprint density at radius 1 is 1.25 bits per heavy atom. The molecular weight excluding hydrogens is 170 g/mol. The normalized spacial score (nSPS) is 9.12. The first-order chi connectivity index (χ1) is 3.80. The van der Waals surface area contributed by atoms with Crippen molar-refractivity contribution in [3.05, 3.63) is 30.1 Å². The fraction of sp³-hybridized carbons (Fsp3) is 0. The number of hydrogen-bond acceptors (Lipinski definition) is 0. The van der Waals surface area contributed by atoms with Crippen LogP contribution in [-0.4, -0.2) is 16.0 Å². The molecule has 1 aromatic rings. The van der Waals surface area contributed by atoms with E-state index in [4.69, 9.17) is 0 Å². The van der Waals surface area contributed by atoms with Crippen LogP contribution in [0.2, 0.25) is 0 Å². The molecule has 1 radical (unpaired) electrons. The molecule has 0 nitrogen and oxygen atoms in total. The number of hydrogen-bond donors (Lipinski definition) is 0. The van der Waals surface area contributed by atoms with Gasteiger partial charge in [0, 0.05) is 0 Å². The Morgan fingerprint density at radius 2 is 1.88 bits per heavy atom. The van der Waals surface area contributed by atoms with Crippen molar-refractivity contribution >= 4 is 20.5 Å². The Morgan fingerprint density at radius 3 is 2.25 bits per heavy atom. The third-order valence-corrected chi connectivity index (χ3v) is 1.53. The van der Waals surface area contributed by atoms with E-state index in [1.54, 1.807) is 18.2 Å². The van der Waals surface area contributed by atoms with Gasteiger partial charge in [-0.25, -0.2) is 0 Å². The Hall–Kier alpha value is -0.331. The predicted molar refractivity (Wildman–Crippen MR) is 31.8 cm³/mol. The summed E-state index contributed by atoms with van der Waals surface area (Å²) in [5.74, 6) is -0.187. The van der Waals surface area contributed by atoms with Gasteiger partial charge in [0.2, 0.25) is 0 Å². The molecule has 0 N–H and O–H groups in total. The molecule has 41 valence electrons. The molecule has 1 rings (SSSR count). The van der Waals surface area contributed by atoms with E-state index in [0.717, 1.165) is 0 Å². The van der Waals surface area contributed by atoms with Gasteiger partial charge in [-0.1, -0.05) is 0 Å². The van der Waals surface area contributed by atoms with Crippen molar-refractivity contribution in [3.63, 3.8) is 0 Å². The standard InChI is InChI=1S/C6H4FSe/c7-5-3-1-2-4-6(5)8/h1-4H. The van der Waals surface area contributed by atoms with Crippen LogP contribution in [0.5, 0.6) is 0 Å². The maximum atomic E-state index is 12.3. The zero-order valence-corrected chi connectivity index (χ0v) is 5.81. The number of halogens is 1. The van der Waals surface area contributed by atoms with Crippen molar-refractivity contribution in [1.82, 2.24) is 0 Å². The van der Waals surface area contributed by atoms with Crippen LogP contribution in [-0.2, 0) is 0 Å². The summed E-state index contributed by atoms with van der Waals surface area (Å²) in [6.07, 6.45) is 0. The quantitative estimate of drug-likeness (QED) is 0.506. The van der Waals surface area contributed by atoms with Gasteiger partial charge in [-0.05, 0) is 0 Å². The van der Waals surface area contributed by atoms with E-state index in [1.807, 2.05) is 0 Å². The van der Waals surface area contributed by atoms with Crippen LogP contribution < -0.4 is 4.46 Å². The van der Waals surface area contributed by atoms with Gasteiger partial charge in [0.05, 0.1) is 0 Å². The average Bonchev–Trinajstić information content (AvgIpc) is 1.77. The molecule has 0 aliphatic carbocycles. The molecule has 2 heteroatoms. The van der Waals surface area contributed by atoms with Crippen LogP contribution in [0.4, 0.5) is 4.39 Å². The molecule has 0 atom stereocenters. The van der Waals surface area contributed by atoms with Crippen molar-refractivity contribution in [2.75, 3.05) is 0 Å². The molecule has 8 heavy (non-hydrogen) atoms. The first kappa shape index (κ1) is 5.80. The molecule has 0 aromatic heterocycles. The van der Waals surface area contributed by atoms with E-state index >= 15 is 0 Å². The molecule has 0 heterocycles. The van der Waals surface area contributed by atoms with E-state index in [-0.39, 0.29) is 5.82 Å². The molecule has 0 unspecified atom stereocenters. The molecule has 0 saturated carbocycles. The summed E-state index contributed by atoms with van der Waals surface area (Å²) in [6, 6.07) is 6.56. The van der Waals surface area contributed by atoms with Gasteiger partial charge < -0.3 is 0 Å². The van der Waals surface area contributed by atoms with E-state index in [0.29, 0.717) is 4.46 Å². The zero-order valence-electron chi connectivity index (χ0n) is 4.10. The minimum absolute atomic E-state index is 0.187. The molecular formula is C6H4FSe. The van der Waals surface area contributed by atoms with Gasteiger partial charge in [0.15, 0.2) is 0 Å². The average molecular weight is 174 g/mol. The summed E-state index contributed by atoms with van der Waals surface area (Å²) in [6.45, 7) is 0. The van der Waals surface area contributed by atoms with E-state index < -0.39 is 0 Å². The summed E-state index contributed by atoms with van der Waals surface area (Å²) in [5, 5.41) is 0. The van der Waals surface area contributed by atoms with Crippen molar-refractivity contribution in [2.45, 2.75) is 0 Å². The van der Waals surface area contributed by atoms with Gasteiger partial charge in [-0.3, -0.25) is 0 Å². The fourth-order valence-corrected chi connectivity index (χ4v) is 0.752. The Labute approximate surface area is 55.5 Å². The minimum atomic E-state index is -0.187. The van der Waals surface area contributed by atoms with Crippen molar-refractivity contribution < 1.29 is 4.39 Å². The van der Waals surface area contributed by atoms with Crippen LogP contribution in [0.3, 0.4) is 0 Å². The van der Waals surface area contributed by atoms with Gasteiger partial charge in [-0.15, -0.1) is 0 Å². The summed E-state index contributed by atoms with van der Waals surface area (Å²) >= 11 is 2.60. The van der Waals surface area contributed by atoms with Gasteiger partial charge in [0.25, 0.3) is 0 Å². The van der Waals surface area contributed by atoms with Gasteiger partial charge >= 0.3 is 54.9 Å². The van der Waals surface area contributed by atoms with Crippen LogP contribution in [0.1, 0.15) is 0 Å². The molecule has 0 saturated heterocycles. The van der Waals surface area contributed by atoms with Crippen LogP contribution >= 0.6 is 0 Å². The maximum absolute atomic E-state index is 12.3. The van der Waals surface area contributed by atoms with Crippen LogP contribution in [0, 0.1) is 5.82 Å². The van der Waals surface area contributed by atoms with E-state index in [9.17, 15) is 4.39 Å². The molecule has 0 aliphatic rings. The number of benzene rings is 1. The third kappa shape index (κ3) is 1.09. The summed E-state index contributed by atoms with van der Waals surface area (Å²) in [4.78, 5) is 0. The Bertz CT molecular complexity index is 165. The summed E-state index contributed by atoms with van der Waals surface area (Å²) in [7, 11) is 0. The molecule has 1 aromatic carbocycles. The second-order valence-electron chi connectivity index (χ2n) is 1.43. The number of rotatable bonds is 0. The van der Waals surface area contributed by atoms with Gasteiger partial charge in [-0.2, -0.15) is 0 Å². The molecule has 0 fully saturated rings. The second kappa shape index (κ2) is 2.29. The topological polar surface area (TPSA) is 0 Å². The van der Waals surface area contributed by atoms with Crippen molar-refractivity contribution in [2.24, 2.45) is 0 Å².